The summed E-state index contributed by atoms with van der Waals surface area (Å²) >= 11 is 5.92. The highest BCUT2D eigenvalue weighted by Crippen LogP contribution is 2.12. The normalized spacial score (nSPS) is 11.1. The van der Waals surface area contributed by atoms with Crippen LogP contribution >= 0.6 is 11.6 Å². The van der Waals surface area contributed by atoms with Crippen LogP contribution in [0.15, 0.2) is 58.4 Å². The summed E-state index contributed by atoms with van der Waals surface area (Å²) in [7, 11) is 0. The van der Waals surface area contributed by atoms with Crippen molar-refractivity contribution in [2.24, 2.45) is 0 Å². The second-order valence-electron chi connectivity index (χ2n) is 5.88. The second kappa shape index (κ2) is 6.73. The fraction of sp³-hybridized carbons (Fsp3) is 0.111. The van der Waals surface area contributed by atoms with E-state index in [9.17, 15) is 14.4 Å². The molecule has 1 N–H and O–H groups in total. The van der Waals surface area contributed by atoms with Gasteiger partial charge in [-0.15, -0.1) is 0 Å². The lowest BCUT2D eigenvalue weighted by molar-refractivity contribution is -0.146. The maximum absolute atomic E-state index is 12.4. The first kappa shape index (κ1) is 17.0. The van der Waals surface area contributed by atoms with Gasteiger partial charge in [0.05, 0.1) is 21.5 Å². The van der Waals surface area contributed by atoms with E-state index in [2.05, 4.69) is 10.1 Å². The van der Waals surface area contributed by atoms with Crippen LogP contribution in [0, 0.1) is 0 Å². The number of H-pyrrole nitrogens is 1. The van der Waals surface area contributed by atoms with Crippen molar-refractivity contribution in [3.8, 4) is 0 Å². The Hall–Kier alpha value is -3.39. The van der Waals surface area contributed by atoms with Crippen LogP contribution < -0.4 is 11.1 Å². The zero-order valence-electron chi connectivity index (χ0n) is 13.9. The van der Waals surface area contributed by atoms with Gasteiger partial charge in [-0.25, -0.2) is 9.67 Å². The Morgan fingerprint density at radius 3 is 2.70 bits per heavy atom. The number of fused-ring (bicyclic) bond motifs is 2. The number of benzene rings is 1. The topological polar surface area (TPSA) is 98.5 Å². The predicted octanol–water partition coefficient (Wildman–Crippen LogP) is 1.73. The molecule has 0 bridgehead atoms. The third kappa shape index (κ3) is 3.34. The highest BCUT2D eigenvalue weighted by atomic mass is 35.5. The minimum Gasteiger partial charge on any atom is -0.458 e. The van der Waals surface area contributed by atoms with Gasteiger partial charge < -0.3 is 9.14 Å². The molecule has 3 aromatic heterocycles. The average molecular weight is 385 g/mol. The van der Waals surface area contributed by atoms with Gasteiger partial charge in [0.1, 0.15) is 18.8 Å². The molecule has 4 rings (SSSR count). The third-order valence-corrected chi connectivity index (χ3v) is 4.24. The van der Waals surface area contributed by atoms with Crippen LogP contribution in [0.3, 0.4) is 0 Å². The smallest absolute Gasteiger partial charge is 0.328 e. The first-order valence-corrected chi connectivity index (χ1v) is 8.40. The van der Waals surface area contributed by atoms with Crippen LogP contribution in [0.5, 0.6) is 0 Å². The van der Waals surface area contributed by atoms with Crippen LogP contribution in [0.1, 0.15) is 5.69 Å². The summed E-state index contributed by atoms with van der Waals surface area (Å²) < 4.78 is 7.83. The zero-order valence-corrected chi connectivity index (χ0v) is 14.6. The number of aromatic nitrogens is 4. The van der Waals surface area contributed by atoms with Gasteiger partial charge in [0.2, 0.25) is 0 Å². The van der Waals surface area contributed by atoms with E-state index in [-0.39, 0.29) is 17.4 Å². The Labute approximate surface area is 156 Å². The molecule has 136 valence electrons. The lowest BCUT2D eigenvalue weighted by Crippen LogP contribution is -2.32. The molecule has 9 heteroatoms. The quantitative estimate of drug-likeness (QED) is 0.540. The van der Waals surface area contributed by atoms with E-state index in [1.807, 2.05) is 0 Å². The number of hydrogen-bond acceptors (Lipinski definition) is 5. The van der Waals surface area contributed by atoms with Gasteiger partial charge in [0.15, 0.2) is 0 Å². The van der Waals surface area contributed by atoms with E-state index in [1.165, 1.54) is 6.07 Å². The van der Waals surface area contributed by atoms with Crippen LogP contribution in [-0.2, 0) is 22.7 Å². The molecule has 0 aliphatic carbocycles. The molecule has 0 aliphatic rings. The van der Waals surface area contributed by atoms with Crippen LogP contribution in [-0.4, -0.2) is 25.1 Å². The minimum absolute atomic E-state index is 0.0648. The Morgan fingerprint density at radius 1 is 1.11 bits per heavy atom. The number of carbonyl (C=O) groups is 1. The number of carbonyl (C=O) groups excluding carboxylic acids is 1. The molecule has 27 heavy (non-hydrogen) atoms. The van der Waals surface area contributed by atoms with Gasteiger partial charge in [-0.05, 0) is 24.3 Å². The highest BCUT2D eigenvalue weighted by molar-refractivity contribution is 6.30. The van der Waals surface area contributed by atoms with Gasteiger partial charge in [-0.3, -0.25) is 19.5 Å². The summed E-state index contributed by atoms with van der Waals surface area (Å²) in [6, 6.07) is 9.86. The number of nitrogens with one attached hydrogen (secondary N) is 1. The molecule has 0 radical (unpaired) electrons. The van der Waals surface area contributed by atoms with Gasteiger partial charge in [-0.1, -0.05) is 23.7 Å². The van der Waals surface area contributed by atoms with Crippen molar-refractivity contribution in [2.75, 3.05) is 0 Å². The summed E-state index contributed by atoms with van der Waals surface area (Å²) in [5, 5.41) is 3.46. The highest BCUT2D eigenvalue weighted by Gasteiger charge is 2.12. The van der Waals surface area contributed by atoms with Gasteiger partial charge in [-0.2, -0.15) is 0 Å². The summed E-state index contributed by atoms with van der Waals surface area (Å²) in [6.07, 6.45) is 3.38. The van der Waals surface area contributed by atoms with E-state index in [4.69, 9.17) is 16.3 Å². The molecule has 0 amide bonds. The van der Waals surface area contributed by atoms with E-state index < -0.39 is 23.6 Å². The van der Waals surface area contributed by atoms with Crippen LogP contribution in [0.2, 0.25) is 5.02 Å². The number of esters is 1. The van der Waals surface area contributed by atoms with Gasteiger partial charge in [0, 0.05) is 12.4 Å². The molecular formula is C18H13ClN4O4. The monoisotopic (exact) mass is 384 g/mol. The van der Waals surface area contributed by atoms with Gasteiger partial charge in [0.25, 0.3) is 11.1 Å². The largest absolute Gasteiger partial charge is 0.458 e. The zero-order chi connectivity index (χ0) is 19.0. The number of ether oxygens (including phenoxy) is 1. The number of nitrogens with zero attached hydrogens (tertiary/aromatic N) is 3. The molecule has 4 aromatic rings. The van der Waals surface area contributed by atoms with E-state index in [0.717, 1.165) is 4.68 Å². The molecule has 0 fully saturated rings. The molecule has 0 saturated carbocycles. The molecule has 0 unspecified atom stereocenters. The maximum Gasteiger partial charge on any atom is 0.328 e. The van der Waals surface area contributed by atoms with Crippen LogP contribution in [0.25, 0.3) is 16.4 Å². The first-order chi connectivity index (χ1) is 13.0. The summed E-state index contributed by atoms with van der Waals surface area (Å²) in [4.78, 5) is 40.8. The average Bonchev–Trinajstić information content (AvgIpc) is 3.06. The number of imidazole rings is 1. The van der Waals surface area contributed by atoms with E-state index in [0.29, 0.717) is 16.4 Å². The predicted molar refractivity (Wildman–Crippen MR) is 98.8 cm³/mol. The van der Waals surface area contributed by atoms with Gasteiger partial charge >= 0.3 is 5.97 Å². The Morgan fingerprint density at radius 2 is 1.89 bits per heavy atom. The van der Waals surface area contributed by atoms with Crippen molar-refractivity contribution in [3.05, 3.63) is 80.2 Å². The van der Waals surface area contributed by atoms with Crippen molar-refractivity contribution in [1.82, 2.24) is 19.2 Å². The van der Waals surface area contributed by atoms with Crippen molar-refractivity contribution in [2.45, 2.75) is 13.2 Å². The van der Waals surface area contributed by atoms with E-state index >= 15 is 0 Å². The van der Waals surface area contributed by atoms with Crippen molar-refractivity contribution >= 4 is 34.0 Å². The second-order valence-corrected chi connectivity index (χ2v) is 6.32. The minimum atomic E-state index is -0.668. The van der Waals surface area contributed by atoms with Crippen molar-refractivity contribution in [1.29, 1.82) is 0 Å². The molecule has 0 spiro atoms. The number of pyridine rings is 1. The van der Waals surface area contributed by atoms with Crippen molar-refractivity contribution < 1.29 is 9.53 Å². The summed E-state index contributed by atoms with van der Waals surface area (Å²) in [5.41, 5.74) is 0.283. The fourth-order valence-corrected chi connectivity index (χ4v) is 2.94. The molecule has 0 atom stereocenters. The Bertz CT molecular complexity index is 1290. The maximum atomic E-state index is 12.4. The standard InChI is InChI=1S/C18H13ClN4O4/c19-11-5-6-15-20-12(8-22(15)7-11)10-27-16(24)9-23-18(26)14-4-2-1-3-13(14)17(25)21-23/h1-8H,9-10H2,(H,21,25). The third-order valence-electron chi connectivity index (χ3n) is 4.02. The molecule has 3 heterocycles. The molecule has 0 saturated heterocycles. The number of rotatable bonds is 4. The summed E-state index contributed by atoms with van der Waals surface area (Å²) in [6.45, 7) is -0.469. The SMILES string of the molecule is O=C(Cn1[nH]c(=O)c2ccccc2c1=O)OCc1cn2cc(Cl)ccc2n1. The lowest BCUT2D eigenvalue weighted by atomic mass is 10.2. The molecule has 1 aromatic carbocycles. The molecular weight excluding hydrogens is 372 g/mol. The lowest BCUT2D eigenvalue weighted by Gasteiger charge is -2.07. The Kier molecular flexibility index (Phi) is 4.25. The first-order valence-electron chi connectivity index (χ1n) is 8.02. The number of halogens is 1. The Balaban J connectivity index is 1.51. The number of aromatic amines is 1. The summed E-state index contributed by atoms with van der Waals surface area (Å²) in [5.74, 6) is -0.668. The van der Waals surface area contributed by atoms with E-state index in [1.54, 1.807) is 47.1 Å². The molecule has 0 aliphatic heterocycles. The van der Waals surface area contributed by atoms with Crippen molar-refractivity contribution in [3.63, 3.8) is 0 Å². The van der Waals surface area contributed by atoms with Crippen LogP contribution in [0.4, 0.5) is 0 Å². The molecule has 8 nitrogen and oxygen atoms in total. The number of hydrogen-bond donors (Lipinski definition) is 1. The fourth-order valence-electron chi connectivity index (χ4n) is 2.77.